The van der Waals surface area contributed by atoms with Crippen LogP contribution in [0.5, 0.6) is 0 Å². The molecule has 69 heavy (non-hydrogen) atoms. The Morgan fingerprint density at radius 2 is 0.580 bits per heavy atom. The van der Waals surface area contributed by atoms with Crippen molar-refractivity contribution in [1.82, 2.24) is 23.7 Å². The summed E-state index contributed by atoms with van der Waals surface area (Å²) in [5.41, 5.74) is 17.4. The van der Waals surface area contributed by atoms with E-state index in [2.05, 4.69) is 250 Å². The number of rotatable bonds is 7. The van der Waals surface area contributed by atoms with Crippen molar-refractivity contribution in [2.45, 2.75) is 0 Å². The van der Waals surface area contributed by atoms with Gasteiger partial charge in [0.15, 0.2) is 0 Å². The second kappa shape index (κ2) is 15.7. The topological polar surface area (TPSA) is 40.6 Å². The lowest BCUT2D eigenvalue weighted by molar-refractivity contribution is 0.995. The van der Waals surface area contributed by atoms with Crippen molar-refractivity contribution >= 4 is 65.4 Å². The lowest BCUT2D eigenvalue weighted by atomic mass is 10.0. The van der Waals surface area contributed by atoms with Crippen LogP contribution in [0, 0.1) is 0 Å². The molecule has 0 N–H and O–H groups in total. The molecule has 14 aromatic rings. The van der Waals surface area contributed by atoms with E-state index in [-0.39, 0.29) is 0 Å². The van der Waals surface area contributed by atoms with Gasteiger partial charge in [0, 0.05) is 54.8 Å². The molecule has 322 valence electrons. The average Bonchev–Trinajstić information content (AvgIpc) is 4.06. The highest BCUT2D eigenvalue weighted by Crippen LogP contribution is 2.41. The number of fused-ring (bicyclic) bond motifs is 9. The second-order valence-corrected chi connectivity index (χ2v) is 17.8. The van der Waals surface area contributed by atoms with Crippen LogP contribution < -0.4 is 0 Å². The fraction of sp³-hybridized carbons (Fsp3) is 0. The van der Waals surface area contributed by atoms with Gasteiger partial charge >= 0.3 is 0 Å². The summed E-state index contributed by atoms with van der Waals surface area (Å²) in [6.45, 7) is 0. The van der Waals surface area contributed by atoms with Crippen LogP contribution in [0.25, 0.3) is 128 Å². The first-order valence-corrected chi connectivity index (χ1v) is 23.5. The summed E-state index contributed by atoms with van der Waals surface area (Å²) in [6.07, 6.45) is 0. The lowest BCUT2D eigenvalue weighted by Gasteiger charge is -2.13. The van der Waals surface area contributed by atoms with Gasteiger partial charge in [-0.2, -0.15) is 0 Å². The summed E-state index contributed by atoms with van der Waals surface area (Å²) in [7, 11) is 0. The normalized spacial score (nSPS) is 11.8. The maximum atomic E-state index is 5.40. The van der Waals surface area contributed by atoms with Crippen LogP contribution in [0.3, 0.4) is 0 Å². The summed E-state index contributed by atoms with van der Waals surface area (Å²) < 4.78 is 7.12. The Bertz CT molecular complexity index is 4010. The molecule has 0 fully saturated rings. The predicted octanol–water partition coefficient (Wildman–Crippen LogP) is 16.4. The van der Waals surface area contributed by atoms with Crippen LogP contribution in [0.15, 0.2) is 249 Å². The summed E-state index contributed by atoms with van der Waals surface area (Å²) in [4.78, 5) is 10.8. The van der Waals surface area contributed by atoms with E-state index in [1.165, 1.54) is 43.8 Å². The summed E-state index contributed by atoms with van der Waals surface area (Å²) in [5.74, 6) is 0.615. The van der Waals surface area contributed by atoms with Gasteiger partial charge in [0.05, 0.1) is 44.5 Å². The molecule has 0 aliphatic rings. The zero-order valence-electron chi connectivity index (χ0n) is 37.4. The van der Waals surface area contributed by atoms with Gasteiger partial charge in [-0.3, -0.25) is 4.57 Å². The van der Waals surface area contributed by atoms with Crippen molar-refractivity contribution in [2.24, 2.45) is 0 Å². The molecule has 4 heterocycles. The van der Waals surface area contributed by atoms with E-state index in [9.17, 15) is 0 Å². The molecule has 0 aliphatic heterocycles. The van der Waals surface area contributed by atoms with Gasteiger partial charge in [-0.15, -0.1) is 0 Å². The molecule has 0 atom stereocenters. The molecule has 4 aromatic heterocycles. The second-order valence-electron chi connectivity index (χ2n) is 17.8. The van der Waals surface area contributed by atoms with Crippen LogP contribution >= 0.6 is 0 Å². The Hall–Kier alpha value is -9.32. The molecular weight excluding hydrogens is 839 g/mol. The largest absolute Gasteiger partial charge is 0.309 e. The molecular formula is C64H41N5. The van der Waals surface area contributed by atoms with Gasteiger partial charge in [-0.25, -0.2) is 9.97 Å². The van der Waals surface area contributed by atoms with Crippen LogP contribution in [0.2, 0.25) is 0 Å². The Morgan fingerprint density at radius 3 is 1.01 bits per heavy atom. The predicted molar refractivity (Wildman–Crippen MR) is 287 cm³/mol. The standard InChI is InChI=1S/C64H41N5/c1-5-17-42(18-6-1)46-29-33-52-50-25-13-15-27-58(50)67(62(52)37-46)48-31-35-60-54(39-48)55-40-49(68-59-28-16-14-26-51(59)53-34-30-47(38-63(53)68)43-19-7-2-8-20-43)32-36-61(55)69(60)64-65-56(44-21-9-3-10-22-44)41-57(66-64)45-23-11-4-12-24-45/h1-41H. The SMILES string of the molecule is c1ccc(-c2ccc3c4ccccc4n(-c4ccc5c(c4)c4cc(-n6c7ccccc7c7ccc(-c8ccccc8)cc76)ccc4n5-c4nc(-c5ccccc5)cc(-c5ccccc5)n4)c3c2)cc1. The molecule has 0 aliphatic carbocycles. The van der Waals surface area contributed by atoms with E-state index >= 15 is 0 Å². The Labute approximate surface area is 398 Å². The third kappa shape index (κ3) is 6.32. The number of nitrogens with zero attached hydrogens (tertiary/aromatic N) is 5. The maximum Gasteiger partial charge on any atom is 0.235 e. The first-order valence-electron chi connectivity index (χ1n) is 23.5. The highest BCUT2D eigenvalue weighted by atomic mass is 15.2. The fourth-order valence-corrected chi connectivity index (χ4v) is 10.7. The zero-order valence-corrected chi connectivity index (χ0v) is 37.4. The number of para-hydroxylation sites is 2. The molecule has 0 amide bonds. The Morgan fingerprint density at radius 1 is 0.217 bits per heavy atom. The third-order valence-corrected chi connectivity index (χ3v) is 13.9. The minimum absolute atomic E-state index is 0.615. The van der Waals surface area contributed by atoms with Crippen molar-refractivity contribution in [3.8, 4) is 62.1 Å². The number of benzene rings is 10. The smallest absolute Gasteiger partial charge is 0.235 e. The minimum Gasteiger partial charge on any atom is -0.309 e. The van der Waals surface area contributed by atoms with Gasteiger partial charge < -0.3 is 9.13 Å². The summed E-state index contributed by atoms with van der Waals surface area (Å²) in [5, 5.41) is 7.09. The van der Waals surface area contributed by atoms with Crippen LogP contribution in [0.4, 0.5) is 0 Å². The van der Waals surface area contributed by atoms with Crippen molar-refractivity contribution in [3.05, 3.63) is 249 Å². The van der Waals surface area contributed by atoms with E-state index in [1.54, 1.807) is 0 Å². The minimum atomic E-state index is 0.615. The van der Waals surface area contributed by atoms with Crippen LogP contribution in [0.1, 0.15) is 0 Å². The highest BCUT2D eigenvalue weighted by Gasteiger charge is 2.22. The van der Waals surface area contributed by atoms with Gasteiger partial charge in [-0.1, -0.05) is 182 Å². The molecule has 0 bridgehead atoms. The zero-order chi connectivity index (χ0) is 45.4. The van der Waals surface area contributed by atoms with Gasteiger partial charge in [-0.05, 0) is 89.0 Å². The van der Waals surface area contributed by atoms with E-state index in [1.807, 2.05) is 12.1 Å². The van der Waals surface area contributed by atoms with Crippen LogP contribution in [-0.2, 0) is 0 Å². The van der Waals surface area contributed by atoms with Crippen molar-refractivity contribution in [3.63, 3.8) is 0 Å². The maximum absolute atomic E-state index is 5.40. The summed E-state index contributed by atoms with van der Waals surface area (Å²) in [6, 6.07) is 89.3. The Kier molecular flexibility index (Phi) is 8.83. The summed E-state index contributed by atoms with van der Waals surface area (Å²) >= 11 is 0. The average molecular weight is 880 g/mol. The molecule has 0 spiro atoms. The van der Waals surface area contributed by atoms with E-state index < -0.39 is 0 Å². The molecule has 5 nitrogen and oxygen atoms in total. The van der Waals surface area contributed by atoms with Crippen molar-refractivity contribution in [1.29, 1.82) is 0 Å². The van der Waals surface area contributed by atoms with Crippen molar-refractivity contribution in [2.75, 3.05) is 0 Å². The fourth-order valence-electron chi connectivity index (χ4n) is 10.7. The van der Waals surface area contributed by atoms with Crippen LogP contribution in [-0.4, -0.2) is 23.7 Å². The van der Waals surface area contributed by atoms with Crippen molar-refractivity contribution < 1.29 is 0 Å². The van der Waals surface area contributed by atoms with Gasteiger partial charge in [0.1, 0.15) is 0 Å². The van der Waals surface area contributed by atoms with Gasteiger partial charge in [0.25, 0.3) is 0 Å². The third-order valence-electron chi connectivity index (χ3n) is 13.9. The van der Waals surface area contributed by atoms with E-state index in [0.717, 1.165) is 77.8 Å². The molecule has 0 saturated heterocycles. The highest BCUT2D eigenvalue weighted by molar-refractivity contribution is 6.14. The molecule has 14 rings (SSSR count). The molecule has 0 saturated carbocycles. The van der Waals surface area contributed by atoms with Gasteiger partial charge in [0.2, 0.25) is 5.95 Å². The van der Waals surface area contributed by atoms with E-state index in [0.29, 0.717) is 5.95 Å². The molecule has 0 radical (unpaired) electrons. The Balaban J connectivity index is 1.06. The number of aromatic nitrogens is 5. The lowest BCUT2D eigenvalue weighted by Crippen LogP contribution is -2.04. The number of hydrogen-bond donors (Lipinski definition) is 0. The first kappa shape index (κ1) is 38.9. The molecule has 10 aromatic carbocycles. The monoisotopic (exact) mass is 879 g/mol. The van der Waals surface area contributed by atoms with E-state index in [4.69, 9.17) is 9.97 Å². The molecule has 5 heteroatoms. The quantitative estimate of drug-likeness (QED) is 0.160. The molecule has 0 unspecified atom stereocenters. The first-order chi connectivity index (χ1) is 34.2. The number of hydrogen-bond acceptors (Lipinski definition) is 2.